The van der Waals surface area contributed by atoms with Crippen LogP contribution in [0, 0.1) is 12.7 Å². The zero-order valence-corrected chi connectivity index (χ0v) is 11.8. The largest absolute Gasteiger partial charge is 0.385 e. The van der Waals surface area contributed by atoms with Gasteiger partial charge in [0.1, 0.15) is 11.9 Å². The van der Waals surface area contributed by atoms with E-state index >= 15 is 0 Å². The van der Waals surface area contributed by atoms with Gasteiger partial charge in [-0.25, -0.2) is 4.39 Å². The zero-order chi connectivity index (χ0) is 13.9. The third-order valence-electron chi connectivity index (χ3n) is 4.30. The van der Waals surface area contributed by atoms with Crippen LogP contribution in [0.5, 0.6) is 0 Å². The van der Waals surface area contributed by atoms with Gasteiger partial charge in [-0.05, 0) is 25.8 Å². The number of benzene rings is 1. The summed E-state index contributed by atoms with van der Waals surface area (Å²) in [6, 6.07) is 4.87. The Morgan fingerprint density at radius 2 is 1.84 bits per heavy atom. The van der Waals surface area contributed by atoms with Crippen molar-refractivity contribution in [1.82, 2.24) is 0 Å². The van der Waals surface area contributed by atoms with Crippen molar-refractivity contribution in [2.45, 2.75) is 57.2 Å². The fourth-order valence-electron chi connectivity index (χ4n) is 3.07. The van der Waals surface area contributed by atoms with Gasteiger partial charge in [0.25, 0.3) is 0 Å². The monoisotopic (exact) mass is 266 g/mol. The summed E-state index contributed by atoms with van der Waals surface area (Å²) < 4.78 is 19.6. The van der Waals surface area contributed by atoms with Crippen LogP contribution < -0.4 is 0 Å². The highest BCUT2D eigenvalue weighted by atomic mass is 19.1. The smallest absolute Gasteiger partial charge is 0.129 e. The van der Waals surface area contributed by atoms with Crippen LogP contribution in [-0.4, -0.2) is 17.8 Å². The minimum absolute atomic E-state index is 0.348. The average molecular weight is 266 g/mol. The van der Waals surface area contributed by atoms with Crippen LogP contribution in [0.4, 0.5) is 4.39 Å². The van der Waals surface area contributed by atoms with Crippen LogP contribution in [0.1, 0.15) is 55.8 Å². The third-order valence-corrected chi connectivity index (χ3v) is 4.30. The fraction of sp³-hybridized carbons (Fsp3) is 0.625. The minimum Gasteiger partial charge on any atom is -0.385 e. The lowest BCUT2D eigenvalue weighted by atomic mass is 9.83. The summed E-state index contributed by atoms with van der Waals surface area (Å²) in [7, 11) is 1.63. The molecule has 1 fully saturated rings. The molecule has 1 saturated carbocycles. The van der Waals surface area contributed by atoms with E-state index in [4.69, 9.17) is 4.74 Å². The van der Waals surface area contributed by atoms with Gasteiger partial charge in [0.05, 0.1) is 5.60 Å². The van der Waals surface area contributed by atoms with Crippen LogP contribution in [0.25, 0.3) is 0 Å². The van der Waals surface area contributed by atoms with Crippen molar-refractivity contribution in [3.8, 4) is 0 Å². The van der Waals surface area contributed by atoms with E-state index in [9.17, 15) is 9.50 Å². The van der Waals surface area contributed by atoms with Crippen LogP contribution in [0.3, 0.4) is 0 Å². The quantitative estimate of drug-likeness (QED) is 0.841. The zero-order valence-electron chi connectivity index (χ0n) is 11.8. The first-order valence-electron chi connectivity index (χ1n) is 7.08. The molecule has 2 rings (SSSR count). The van der Waals surface area contributed by atoms with Crippen molar-refractivity contribution < 1.29 is 14.2 Å². The van der Waals surface area contributed by atoms with Gasteiger partial charge in [-0.2, -0.15) is 0 Å². The molecule has 1 aromatic carbocycles. The van der Waals surface area contributed by atoms with Gasteiger partial charge in [-0.3, -0.25) is 0 Å². The highest BCUT2D eigenvalue weighted by molar-refractivity contribution is 5.28. The number of hydrogen-bond acceptors (Lipinski definition) is 2. The number of halogens is 1. The third kappa shape index (κ3) is 2.98. The van der Waals surface area contributed by atoms with Gasteiger partial charge in [0, 0.05) is 12.7 Å². The highest BCUT2D eigenvalue weighted by Gasteiger charge is 2.40. The van der Waals surface area contributed by atoms with Crippen molar-refractivity contribution in [2.75, 3.05) is 7.11 Å². The summed E-state index contributed by atoms with van der Waals surface area (Å²) >= 11 is 0. The summed E-state index contributed by atoms with van der Waals surface area (Å²) in [4.78, 5) is 0. The molecule has 0 spiro atoms. The van der Waals surface area contributed by atoms with Gasteiger partial charge in [-0.15, -0.1) is 0 Å². The van der Waals surface area contributed by atoms with E-state index in [1.807, 2.05) is 6.92 Å². The molecule has 0 amide bonds. The maximum Gasteiger partial charge on any atom is 0.129 e. The molecule has 0 aromatic heterocycles. The van der Waals surface area contributed by atoms with Crippen LogP contribution in [0.2, 0.25) is 0 Å². The summed E-state index contributed by atoms with van der Waals surface area (Å²) in [5.74, 6) is -0.348. The Hall–Kier alpha value is -0.930. The Kier molecular flexibility index (Phi) is 4.58. The molecular formula is C16H23FO2. The molecule has 0 aliphatic heterocycles. The van der Waals surface area contributed by atoms with Gasteiger partial charge in [-0.1, -0.05) is 43.4 Å². The summed E-state index contributed by atoms with van der Waals surface area (Å²) in [6.45, 7) is 1.90. The lowest BCUT2D eigenvalue weighted by Gasteiger charge is -2.36. The summed E-state index contributed by atoms with van der Waals surface area (Å²) in [6.07, 6.45) is 5.06. The van der Waals surface area contributed by atoms with E-state index in [1.165, 1.54) is 6.07 Å². The second-order valence-corrected chi connectivity index (χ2v) is 5.61. The normalized spacial score (nSPS) is 20.8. The number of aliphatic hydroxyl groups is 1. The van der Waals surface area contributed by atoms with E-state index in [1.54, 1.807) is 19.2 Å². The molecule has 3 heteroatoms. The molecule has 1 unspecified atom stereocenters. The van der Waals surface area contributed by atoms with Crippen molar-refractivity contribution in [2.24, 2.45) is 0 Å². The topological polar surface area (TPSA) is 29.5 Å². The van der Waals surface area contributed by atoms with Gasteiger partial charge >= 0.3 is 0 Å². The summed E-state index contributed by atoms with van der Waals surface area (Å²) in [5.41, 5.74) is 0.685. The first-order chi connectivity index (χ1) is 9.09. The second-order valence-electron chi connectivity index (χ2n) is 5.61. The molecule has 0 bridgehead atoms. The number of aliphatic hydroxyl groups excluding tert-OH is 1. The first-order valence-corrected chi connectivity index (χ1v) is 7.08. The van der Waals surface area contributed by atoms with Crippen molar-refractivity contribution >= 4 is 0 Å². The van der Waals surface area contributed by atoms with E-state index in [2.05, 4.69) is 0 Å². The molecule has 1 aliphatic rings. The van der Waals surface area contributed by atoms with Gasteiger partial charge in [0.2, 0.25) is 0 Å². The van der Waals surface area contributed by atoms with E-state index < -0.39 is 11.7 Å². The Morgan fingerprint density at radius 3 is 2.42 bits per heavy atom. The molecular weight excluding hydrogens is 243 g/mol. The number of aryl methyl sites for hydroxylation is 1. The van der Waals surface area contributed by atoms with E-state index in [0.717, 1.165) is 44.1 Å². The van der Waals surface area contributed by atoms with Gasteiger partial charge in [0.15, 0.2) is 0 Å². The number of ether oxygens (including phenoxy) is 1. The van der Waals surface area contributed by atoms with E-state index in [0.29, 0.717) is 5.56 Å². The Balaban J connectivity index is 2.33. The van der Waals surface area contributed by atoms with Crippen molar-refractivity contribution in [3.05, 3.63) is 35.1 Å². The average Bonchev–Trinajstić information content (AvgIpc) is 2.67. The molecule has 1 atom stereocenters. The molecule has 1 N–H and O–H groups in total. The fourth-order valence-corrected chi connectivity index (χ4v) is 3.07. The molecule has 106 valence electrons. The molecule has 2 nitrogen and oxygen atoms in total. The van der Waals surface area contributed by atoms with E-state index in [-0.39, 0.29) is 5.82 Å². The van der Waals surface area contributed by atoms with Crippen molar-refractivity contribution in [3.63, 3.8) is 0 Å². The first kappa shape index (κ1) is 14.5. The SMILES string of the molecule is COC1(C(O)c2cc(C)ccc2F)CCCCCC1. The number of rotatable bonds is 3. The molecule has 1 aliphatic carbocycles. The Morgan fingerprint density at radius 1 is 1.21 bits per heavy atom. The Labute approximate surface area is 114 Å². The maximum absolute atomic E-state index is 14.0. The minimum atomic E-state index is -0.893. The van der Waals surface area contributed by atoms with Crippen LogP contribution in [0.15, 0.2) is 18.2 Å². The Bertz CT molecular complexity index is 423. The molecule has 0 radical (unpaired) electrons. The predicted octanol–water partition coefficient (Wildman–Crippen LogP) is 3.91. The lowest BCUT2D eigenvalue weighted by molar-refractivity contribution is -0.115. The highest BCUT2D eigenvalue weighted by Crippen LogP contribution is 2.40. The molecule has 0 heterocycles. The van der Waals surface area contributed by atoms with Crippen LogP contribution >= 0.6 is 0 Å². The predicted molar refractivity (Wildman–Crippen MR) is 73.5 cm³/mol. The standard InChI is InChI=1S/C16H23FO2/c1-12-7-8-14(17)13(11-12)15(18)16(19-2)9-5-3-4-6-10-16/h7-8,11,15,18H,3-6,9-10H2,1-2H3. The molecule has 19 heavy (non-hydrogen) atoms. The summed E-state index contributed by atoms with van der Waals surface area (Å²) in [5, 5.41) is 10.7. The van der Waals surface area contributed by atoms with Crippen molar-refractivity contribution in [1.29, 1.82) is 0 Å². The molecule has 1 aromatic rings. The second kappa shape index (κ2) is 6.02. The molecule has 0 saturated heterocycles. The lowest BCUT2D eigenvalue weighted by Crippen LogP contribution is -2.38. The maximum atomic E-state index is 14.0. The van der Waals surface area contributed by atoms with Crippen LogP contribution in [-0.2, 0) is 4.74 Å². The number of methoxy groups -OCH3 is 1. The van der Waals surface area contributed by atoms with Gasteiger partial charge < -0.3 is 9.84 Å². The number of hydrogen-bond donors (Lipinski definition) is 1.